The lowest BCUT2D eigenvalue weighted by Gasteiger charge is -2.08. The Labute approximate surface area is 104 Å². The molecule has 0 saturated carbocycles. The van der Waals surface area contributed by atoms with Crippen LogP contribution in [-0.4, -0.2) is 4.98 Å². The highest BCUT2D eigenvalue weighted by Gasteiger charge is 2.04. The first kappa shape index (κ1) is 13.4. The number of nitrogens with zero attached hydrogens (tertiary/aromatic N) is 1. The van der Waals surface area contributed by atoms with E-state index in [2.05, 4.69) is 24.6 Å². The van der Waals surface area contributed by atoms with Crippen LogP contribution in [0.4, 0.5) is 0 Å². The van der Waals surface area contributed by atoms with Crippen molar-refractivity contribution in [2.75, 3.05) is 0 Å². The third-order valence-electron chi connectivity index (χ3n) is 2.39. The second-order valence-electron chi connectivity index (χ2n) is 4.16. The summed E-state index contributed by atoms with van der Waals surface area (Å²) in [7, 11) is 0. The Bertz CT molecular complexity index is 468. The van der Waals surface area contributed by atoms with Crippen LogP contribution in [0.2, 0.25) is 0 Å². The molecule has 1 aromatic rings. The molecule has 0 aliphatic rings. The zero-order valence-electron chi connectivity index (χ0n) is 10.8. The van der Waals surface area contributed by atoms with Crippen LogP contribution >= 0.6 is 0 Å². The molecule has 1 heterocycles. The molecule has 0 aliphatic carbocycles. The highest BCUT2D eigenvalue weighted by atomic mass is 14.7. The van der Waals surface area contributed by atoms with Gasteiger partial charge in [-0.3, -0.25) is 4.98 Å². The smallest absolute Gasteiger partial charge is 0.0731 e. The van der Waals surface area contributed by atoms with Gasteiger partial charge in [-0.05, 0) is 31.9 Å². The summed E-state index contributed by atoms with van der Waals surface area (Å²) in [4.78, 5) is 4.48. The Kier molecular flexibility index (Phi) is 4.85. The molecular formula is C15H20N2. The van der Waals surface area contributed by atoms with Gasteiger partial charge in [0.2, 0.25) is 0 Å². The summed E-state index contributed by atoms with van der Waals surface area (Å²) in [5.41, 5.74) is 10.9. The molecule has 2 N–H and O–H groups in total. The molecule has 2 heteroatoms. The lowest BCUT2D eigenvalue weighted by atomic mass is 10.0. The van der Waals surface area contributed by atoms with E-state index >= 15 is 0 Å². The van der Waals surface area contributed by atoms with Gasteiger partial charge >= 0.3 is 0 Å². The van der Waals surface area contributed by atoms with Crippen molar-refractivity contribution in [1.82, 2.24) is 4.98 Å². The quantitative estimate of drug-likeness (QED) is 0.802. The third kappa shape index (κ3) is 3.68. The predicted molar refractivity (Wildman–Crippen MR) is 74.5 cm³/mol. The minimum atomic E-state index is 0.525. The fourth-order valence-electron chi connectivity index (χ4n) is 1.69. The number of pyridine rings is 1. The normalized spacial score (nSPS) is 12.1. The van der Waals surface area contributed by atoms with E-state index in [1.54, 1.807) is 0 Å². The molecule has 0 aliphatic heterocycles. The van der Waals surface area contributed by atoms with E-state index < -0.39 is 0 Å². The van der Waals surface area contributed by atoms with Crippen LogP contribution in [-0.2, 0) is 6.54 Å². The zero-order valence-corrected chi connectivity index (χ0v) is 10.8. The van der Waals surface area contributed by atoms with E-state index in [0.29, 0.717) is 6.54 Å². The molecule has 0 aromatic carbocycles. The molecule has 1 aromatic heterocycles. The van der Waals surface area contributed by atoms with Gasteiger partial charge in [-0.1, -0.05) is 36.4 Å². The minimum absolute atomic E-state index is 0.525. The summed E-state index contributed by atoms with van der Waals surface area (Å²) in [6.07, 6.45) is 7.93. The van der Waals surface area contributed by atoms with Crippen LogP contribution in [0, 0.1) is 6.92 Å². The van der Waals surface area contributed by atoms with Gasteiger partial charge in [0.05, 0.1) is 5.69 Å². The van der Waals surface area contributed by atoms with E-state index in [4.69, 9.17) is 5.73 Å². The van der Waals surface area contributed by atoms with Gasteiger partial charge in [0.15, 0.2) is 0 Å². The van der Waals surface area contributed by atoms with E-state index in [-0.39, 0.29) is 0 Å². The predicted octanol–water partition coefficient (Wildman–Crippen LogP) is 3.38. The van der Waals surface area contributed by atoms with Gasteiger partial charge < -0.3 is 5.73 Å². The molecule has 2 nitrogen and oxygen atoms in total. The highest BCUT2D eigenvalue weighted by molar-refractivity contribution is 5.75. The largest absolute Gasteiger partial charge is 0.326 e. The Hall–Kier alpha value is -1.67. The first-order valence-electron chi connectivity index (χ1n) is 5.74. The number of hydrogen-bond acceptors (Lipinski definition) is 2. The number of aromatic nitrogens is 1. The SMILES string of the molecule is C=C(C)/C=C(\C=C/C)c1ncc(CN)cc1C. The van der Waals surface area contributed by atoms with Crippen LogP contribution < -0.4 is 5.73 Å². The summed E-state index contributed by atoms with van der Waals surface area (Å²) in [6.45, 7) is 10.5. The first-order valence-corrected chi connectivity index (χ1v) is 5.74. The van der Waals surface area contributed by atoms with Gasteiger partial charge in [-0.15, -0.1) is 0 Å². The van der Waals surface area contributed by atoms with Gasteiger partial charge in [-0.2, -0.15) is 0 Å². The van der Waals surface area contributed by atoms with E-state index in [1.165, 1.54) is 0 Å². The van der Waals surface area contributed by atoms with Crippen molar-refractivity contribution >= 4 is 5.57 Å². The van der Waals surface area contributed by atoms with Gasteiger partial charge in [-0.25, -0.2) is 0 Å². The van der Waals surface area contributed by atoms with Crippen LogP contribution in [0.5, 0.6) is 0 Å². The average molecular weight is 228 g/mol. The molecular weight excluding hydrogens is 208 g/mol. The Balaban J connectivity index is 3.24. The van der Waals surface area contributed by atoms with Gasteiger partial charge in [0, 0.05) is 18.3 Å². The van der Waals surface area contributed by atoms with Crippen LogP contribution in [0.3, 0.4) is 0 Å². The molecule has 0 bridgehead atoms. The monoisotopic (exact) mass is 228 g/mol. The fraction of sp³-hybridized carbons (Fsp3) is 0.267. The molecule has 0 radical (unpaired) electrons. The van der Waals surface area contributed by atoms with Crippen LogP contribution in [0.15, 0.2) is 42.6 Å². The Morgan fingerprint density at radius 1 is 1.53 bits per heavy atom. The first-order chi connectivity index (χ1) is 8.08. The van der Waals surface area contributed by atoms with Crippen molar-refractivity contribution in [1.29, 1.82) is 0 Å². The van der Waals surface area contributed by atoms with Crippen molar-refractivity contribution < 1.29 is 0 Å². The molecule has 0 spiro atoms. The lowest BCUT2D eigenvalue weighted by molar-refractivity contribution is 1.03. The number of rotatable bonds is 4. The van der Waals surface area contributed by atoms with Crippen molar-refractivity contribution in [2.45, 2.75) is 27.3 Å². The molecule has 0 saturated heterocycles. The second kappa shape index (κ2) is 6.16. The summed E-state index contributed by atoms with van der Waals surface area (Å²) >= 11 is 0. The molecule has 0 fully saturated rings. The van der Waals surface area contributed by atoms with E-state index in [9.17, 15) is 0 Å². The van der Waals surface area contributed by atoms with Crippen molar-refractivity contribution in [3.63, 3.8) is 0 Å². The summed E-state index contributed by atoms with van der Waals surface area (Å²) in [5.74, 6) is 0. The zero-order chi connectivity index (χ0) is 12.8. The molecule has 1 rings (SSSR count). The van der Waals surface area contributed by atoms with Crippen molar-refractivity contribution in [2.24, 2.45) is 5.73 Å². The maximum Gasteiger partial charge on any atom is 0.0731 e. The molecule has 0 unspecified atom stereocenters. The van der Waals surface area contributed by atoms with Gasteiger partial charge in [0.25, 0.3) is 0 Å². The maximum absolute atomic E-state index is 5.60. The molecule has 90 valence electrons. The third-order valence-corrected chi connectivity index (χ3v) is 2.39. The Morgan fingerprint density at radius 2 is 2.24 bits per heavy atom. The maximum atomic E-state index is 5.60. The highest BCUT2D eigenvalue weighted by Crippen LogP contribution is 2.20. The van der Waals surface area contributed by atoms with E-state index in [0.717, 1.165) is 28.0 Å². The topological polar surface area (TPSA) is 38.9 Å². The fourth-order valence-corrected chi connectivity index (χ4v) is 1.69. The van der Waals surface area contributed by atoms with Gasteiger partial charge in [0.1, 0.15) is 0 Å². The average Bonchev–Trinajstić information content (AvgIpc) is 2.27. The Morgan fingerprint density at radius 3 is 2.71 bits per heavy atom. The molecule has 0 atom stereocenters. The van der Waals surface area contributed by atoms with Crippen LogP contribution in [0.25, 0.3) is 5.57 Å². The summed E-state index contributed by atoms with van der Waals surface area (Å²) in [5, 5.41) is 0. The summed E-state index contributed by atoms with van der Waals surface area (Å²) in [6, 6.07) is 2.08. The van der Waals surface area contributed by atoms with Crippen molar-refractivity contribution in [3.05, 3.63) is 59.5 Å². The second-order valence-corrected chi connectivity index (χ2v) is 4.16. The van der Waals surface area contributed by atoms with Crippen molar-refractivity contribution in [3.8, 4) is 0 Å². The molecule has 0 amide bonds. The van der Waals surface area contributed by atoms with Crippen LogP contribution in [0.1, 0.15) is 30.7 Å². The number of nitrogens with two attached hydrogens (primary N) is 1. The number of allylic oxidation sites excluding steroid dienone is 5. The number of aryl methyl sites for hydroxylation is 1. The van der Waals surface area contributed by atoms with E-state index in [1.807, 2.05) is 38.3 Å². The minimum Gasteiger partial charge on any atom is -0.326 e. The molecule has 17 heavy (non-hydrogen) atoms. The summed E-state index contributed by atoms with van der Waals surface area (Å²) < 4.78 is 0. The number of hydrogen-bond donors (Lipinski definition) is 1. The standard InChI is InChI=1S/C15H20N2/c1-5-6-14(7-11(2)3)15-12(4)8-13(9-16)10-17-15/h5-8,10H,2,9,16H2,1,3-4H3/b6-5-,14-7+. The lowest BCUT2D eigenvalue weighted by Crippen LogP contribution is -2.00.